The first-order chi connectivity index (χ1) is 15.8. The van der Waals surface area contributed by atoms with Crippen LogP contribution < -0.4 is 15.4 Å². The maximum Gasteiger partial charge on any atom is 0.253 e. The molecule has 2 N–H and O–H groups in total. The van der Waals surface area contributed by atoms with Crippen molar-refractivity contribution in [1.29, 1.82) is 0 Å². The van der Waals surface area contributed by atoms with E-state index in [-0.39, 0.29) is 16.8 Å². The van der Waals surface area contributed by atoms with Gasteiger partial charge in [0.05, 0.1) is 30.3 Å². The van der Waals surface area contributed by atoms with Gasteiger partial charge < -0.3 is 15.4 Å². The van der Waals surface area contributed by atoms with Crippen LogP contribution in [0.5, 0.6) is 5.75 Å². The molecule has 172 valence electrons. The summed E-state index contributed by atoms with van der Waals surface area (Å²) in [6.07, 6.45) is 0.815. The number of ether oxygens (including phenoxy) is 1. The van der Waals surface area contributed by atoms with Gasteiger partial charge in [0.25, 0.3) is 5.91 Å². The standard InChI is InChI=1S/C24H22F3N3O2S/c1-5-10-33-24-22(28-3)21(14-11-16(26)17(27)12-15(14)25)20(13(2)29-24)23(31)30-18-8-6-7-9-19(18)32-4/h6-9,11-12,21,29H,5,10H2,1-2,4H3,(H,30,31). The number of carbonyl (C=O) groups excluding carboxylic acids is 1. The van der Waals surface area contributed by atoms with E-state index in [1.807, 2.05) is 6.92 Å². The number of nitrogens with one attached hydrogen (secondary N) is 2. The van der Waals surface area contributed by atoms with E-state index in [4.69, 9.17) is 11.3 Å². The number of dihydropyridines is 1. The second-order valence-electron chi connectivity index (χ2n) is 7.21. The van der Waals surface area contributed by atoms with E-state index in [9.17, 15) is 18.0 Å². The molecule has 0 saturated heterocycles. The van der Waals surface area contributed by atoms with Gasteiger partial charge >= 0.3 is 0 Å². The lowest BCUT2D eigenvalue weighted by atomic mass is 9.84. The van der Waals surface area contributed by atoms with Crippen molar-refractivity contribution in [1.82, 2.24) is 5.32 Å². The van der Waals surface area contributed by atoms with Gasteiger partial charge in [-0.2, -0.15) is 0 Å². The molecule has 0 spiro atoms. The molecule has 0 radical (unpaired) electrons. The molecule has 0 saturated carbocycles. The van der Waals surface area contributed by atoms with Crippen LogP contribution >= 0.6 is 11.8 Å². The van der Waals surface area contributed by atoms with Crippen LogP contribution in [0.1, 0.15) is 31.7 Å². The van der Waals surface area contributed by atoms with E-state index in [0.717, 1.165) is 6.42 Å². The monoisotopic (exact) mass is 473 g/mol. The molecule has 33 heavy (non-hydrogen) atoms. The summed E-state index contributed by atoms with van der Waals surface area (Å²) in [5.74, 6) is -4.43. The highest BCUT2D eigenvalue weighted by Crippen LogP contribution is 2.43. The number of thioether (sulfide) groups is 1. The molecule has 0 fully saturated rings. The van der Waals surface area contributed by atoms with Crippen LogP contribution in [-0.4, -0.2) is 18.8 Å². The van der Waals surface area contributed by atoms with E-state index in [1.54, 1.807) is 31.2 Å². The highest BCUT2D eigenvalue weighted by atomic mass is 32.2. The van der Waals surface area contributed by atoms with E-state index < -0.39 is 29.3 Å². The zero-order valence-corrected chi connectivity index (χ0v) is 19.1. The van der Waals surface area contributed by atoms with Gasteiger partial charge in [-0.25, -0.2) is 18.0 Å². The number of rotatable bonds is 7. The Bertz CT molecular complexity index is 1190. The first-order valence-electron chi connectivity index (χ1n) is 10.1. The molecular weight excluding hydrogens is 451 g/mol. The minimum absolute atomic E-state index is 0.0256. The van der Waals surface area contributed by atoms with Crippen LogP contribution in [-0.2, 0) is 4.79 Å². The second-order valence-corrected chi connectivity index (χ2v) is 8.32. The Morgan fingerprint density at radius 2 is 1.91 bits per heavy atom. The first kappa shape index (κ1) is 24.3. The number of amides is 1. The Kier molecular flexibility index (Phi) is 7.71. The maximum absolute atomic E-state index is 14.9. The number of carbonyl (C=O) groups is 1. The number of halogens is 3. The minimum Gasteiger partial charge on any atom is -0.495 e. The number of hydrogen-bond acceptors (Lipinski definition) is 4. The minimum atomic E-state index is -1.35. The van der Waals surface area contributed by atoms with Gasteiger partial charge in [0.2, 0.25) is 5.70 Å². The van der Waals surface area contributed by atoms with Crippen molar-refractivity contribution in [3.63, 3.8) is 0 Å². The molecule has 1 aliphatic rings. The maximum atomic E-state index is 14.9. The number of hydrogen-bond donors (Lipinski definition) is 2. The van der Waals surface area contributed by atoms with Crippen molar-refractivity contribution in [2.24, 2.45) is 0 Å². The molecule has 0 aliphatic carbocycles. The third-order valence-corrected chi connectivity index (χ3v) is 6.23. The average Bonchev–Trinajstić information content (AvgIpc) is 2.79. The van der Waals surface area contributed by atoms with Crippen molar-refractivity contribution in [2.45, 2.75) is 26.2 Å². The summed E-state index contributed by atoms with van der Waals surface area (Å²) < 4.78 is 47.9. The summed E-state index contributed by atoms with van der Waals surface area (Å²) in [6, 6.07) is 7.86. The fraction of sp³-hybridized carbons (Fsp3) is 0.250. The lowest BCUT2D eigenvalue weighted by molar-refractivity contribution is -0.113. The Morgan fingerprint density at radius 3 is 2.58 bits per heavy atom. The lowest BCUT2D eigenvalue weighted by Crippen LogP contribution is -2.31. The summed E-state index contributed by atoms with van der Waals surface area (Å²) in [7, 11) is 1.45. The molecule has 0 aromatic heterocycles. The third-order valence-electron chi connectivity index (χ3n) is 5.02. The van der Waals surface area contributed by atoms with E-state index >= 15 is 0 Å². The summed E-state index contributed by atoms with van der Waals surface area (Å²) in [4.78, 5) is 17.0. The van der Waals surface area contributed by atoms with Crippen molar-refractivity contribution < 1.29 is 22.7 Å². The van der Waals surface area contributed by atoms with Gasteiger partial charge in [-0.1, -0.05) is 19.1 Å². The van der Waals surface area contributed by atoms with Crippen molar-refractivity contribution in [3.05, 3.63) is 92.8 Å². The predicted octanol–water partition coefficient (Wildman–Crippen LogP) is 5.94. The zero-order chi connectivity index (χ0) is 24.1. The molecule has 1 atom stereocenters. The van der Waals surface area contributed by atoms with Crippen LogP contribution in [0.25, 0.3) is 4.85 Å². The molecule has 1 amide bonds. The zero-order valence-electron chi connectivity index (χ0n) is 18.3. The molecule has 2 aromatic carbocycles. The molecular formula is C24H22F3N3O2S. The normalized spacial score (nSPS) is 15.7. The molecule has 2 aromatic rings. The fourth-order valence-corrected chi connectivity index (χ4v) is 4.46. The second kappa shape index (κ2) is 10.5. The van der Waals surface area contributed by atoms with Crippen LogP contribution in [0.4, 0.5) is 18.9 Å². The third kappa shape index (κ3) is 5.01. The molecule has 5 nitrogen and oxygen atoms in total. The van der Waals surface area contributed by atoms with Crippen molar-refractivity contribution in [2.75, 3.05) is 18.2 Å². The molecule has 0 bridgehead atoms. The topological polar surface area (TPSA) is 54.7 Å². The highest BCUT2D eigenvalue weighted by Gasteiger charge is 2.37. The largest absolute Gasteiger partial charge is 0.495 e. The van der Waals surface area contributed by atoms with Crippen molar-refractivity contribution in [3.8, 4) is 5.75 Å². The van der Waals surface area contributed by atoms with Gasteiger partial charge in [-0.05, 0) is 42.9 Å². The Hall–Kier alpha value is -3.38. The quantitative estimate of drug-likeness (QED) is 0.386. The summed E-state index contributed by atoms with van der Waals surface area (Å²) in [5, 5.41) is 6.25. The van der Waals surface area contributed by atoms with Gasteiger partial charge in [0.15, 0.2) is 11.6 Å². The number of anilines is 1. The molecule has 9 heteroatoms. The van der Waals surface area contributed by atoms with E-state index in [0.29, 0.717) is 40.0 Å². The number of nitrogens with zero attached hydrogens (tertiary/aromatic N) is 1. The van der Waals surface area contributed by atoms with E-state index in [2.05, 4.69) is 15.5 Å². The number of para-hydroxylation sites is 2. The van der Waals surface area contributed by atoms with Crippen molar-refractivity contribution >= 4 is 23.4 Å². The highest BCUT2D eigenvalue weighted by molar-refractivity contribution is 8.03. The number of benzene rings is 2. The van der Waals surface area contributed by atoms with Gasteiger partial charge in [0, 0.05) is 17.3 Å². The Labute approximate surface area is 194 Å². The molecule has 1 heterocycles. The fourth-order valence-electron chi connectivity index (χ4n) is 3.52. The smallest absolute Gasteiger partial charge is 0.253 e. The molecule has 1 unspecified atom stereocenters. The van der Waals surface area contributed by atoms with Crippen LogP contribution in [0.15, 0.2) is 58.4 Å². The number of allylic oxidation sites excluding steroid dienone is 2. The van der Waals surface area contributed by atoms with Gasteiger partial charge in [0.1, 0.15) is 11.6 Å². The Morgan fingerprint density at radius 1 is 1.21 bits per heavy atom. The predicted molar refractivity (Wildman–Crippen MR) is 123 cm³/mol. The molecule has 1 aliphatic heterocycles. The van der Waals surface area contributed by atoms with Gasteiger partial charge in [-0.15, -0.1) is 11.8 Å². The molecule has 3 rings (SSSR count). The summed E-state index contributed by atoms with van der Waals surface area (Å²) in [5.41, 5.74) is 0.518. The lowest BCUT2D eigenvalue weighted by Gasteiger charge is -2.30. The summed E-state index contributed by atoms with van der Waals surface area (Å²) >= 11 is 1.35. The summed E-state index contributed by atoms with van der Waals surface area (Å²) in [6.45, 7) is 11.3. The van der Waals surface area contributed by atoms with Crippen LogP contribution in [0.3, 0.4) is 0 Å². The SMILES string of the molecule is [C-]#[N+]C1=C(SCCC)NC(C)=C(C(=O)Nc2ccccc2OC)C1c1cc(F)c(F)cc1F. The van der Waals surface area contributed by atoms with E-state index in [1.165, 1.54) is 18.9 Å². The average molecular weight is 474 g/mol. The van der Waals surface area contributed by atoms with Crippen LogP contribution in [0.2, 0.25) is 0 Å². The first-order valence-corrected chi connectivity index (χ1v) is 11.1. The van der Waals surface area contributed by atoms with Gasteiger partial charge in [-0.3, -0.25) is 4.79 Å². The number of methoxy groups -OCH3 is 1. The Balaban J connectivity index is 2.15. The van der Waals surface area contributed by atoms with Crippen LogP contribution in [0, 0.1) is 24.0 Å².